The smallest absolute Gasteiger partial charge is 0.303 e. The molecule has 6 nitrogen and oxygen atoms in total. The number of rotatable bonds is 5. The molecule has 0 saturated carbocycles. The molecule has 8 heteroatoms. The van der Waals surface area contributed by atoms with Gasteiger partial charge in [0.1, 0.15) is 5.76 Å². The number of carboxylic acid groups (broad SMARTS) is 1. The molecule has 1 heterocycles. The van der Waals surface area contributed by atoms with Crippen LogP contribution in [0.2, 0.25) is 0 Å². The lowest BCUT2D eigenvalue weighted by Gasteiger charge is -2.14. The van der Waals surface area contributed by atoms with Gasteiger partial charge in [0.05, 0.1) is 10.5 Å². The van der Waals surface area contributed by atoms with Crippen LogP contribution in [-0.4, -0.2) is 31.6 Å². The van der Waals surface area contributed by atoms with Crippen molar-refractivity contribution in [2.75, 3.05) is 0 Å². The molecular formula is C18H15NO5S2. The van der Waals surface area contributed by atoms with E-state index >= 15 is 0 Å². The van der Waals surface area contributed by atoms with Crippen molar-refractivity contribution in [3.8, 4) is 5.88 Å². The average Bonchev–Trinajstić information content (AvgIpc) is 2.85. The molecule has 2 aromatic rings. The lowest BCUT2D eigenvalue weighted by molar-refractivity contribution is -0.137. The van der Waals surface area contributed by atoms with Crippen LogP contribution in [-0.2, 0) is 11.3 Å². The summed E-state index contributed by atoms with van der Waals surface area (Å²) < 4.78 is 1.80. The first kappa shape index (κ1) is 18.1. The van der Waals surface area contributed by atoms with Crippen LogP contribution >= 0.6 is 23.6 Å². The maximum Gasteiger partial charge on any atom is 0.303 e. The summed E-state index contributed by atoms with van der Waals surface area (Å²) in [6.45, 7) is 0.259. The molecule has 0 atom stereocenters. The van der Waals surface area contributed by atoms with Gasteiger partial charge in [-0.05, 0) is 36.4 Å². The van der Waals surface area contributed by atoms with Crippen molar-refractivity contribution in [2.24, 2.45) is 0 Å². The summed E-state index contributed by atoms with van der Waals surface area (Å²) in [4.78, 5) is 23.6. The van der Waals surface area contributed by atoms with E-state index in [1.165, 1.54) is 16.7 Å². The van der Waals surface area contributed by atoms with E-state index in [1.807, 2.05) is 0 Å². The van der Waals surface area contributed by atoms with Gasteiger partial charge in [-0.2, -0.15) is 0 Å². The molecule has 0 aliphatic heterocycles. The van der Waals surface area contributed by atoms with Crippen molar-refractivity contribution >= 4 is 47.5 Å². The summed E-state index contributed by atoms with van der Waals surface area (Å²) in [6.07, 6.45) is 3.20. The second-order valence-electron chi connectivity index (χ2n) is 5.71. The van der Waals surface area contributed by atoms with E-state index in [4.69, 9.17) is 17.3 Å². The fourth-order valence-electron chi connectivity index (χ4n) is 2.68. The molecule has 3 rings (SSSR count). The maximum atomic E-state index is 12.6. The predicted molar refractivity (Wildman–Crippen MR) is 101 cm³/mol. The first-order chi connectivity index (χ1) is 12.4. The fraction of sp³-hybridized carbons (Fsp3) is 0.167. The highest BCUT2D eigenvalue weighted by Crippen LogP contribution is 2.33. The Morgan fingerprint density at radius 2 is 2.00 bits per heavy atom. The summed E-state index contributed by atoms with van der Waals surface area (Å²) in [5, 5.41) is 29.3. The van der Waals surface area contributed by atoms with Gasteiger partial charge in [0, 0.05) is 18.5 Å². The van der Waals surface area contributed by atoms with Gasteiger partial charge in [-0.25, -0.2) is 0 Å². The summed E-state index contributed by atoms with van der Waals surface area (Å²) >= 11 is 6.30. The summed E-state index contributed by atoms with van der Waals surface area (Å²) in [5.41, 5.74) is 1.18. The minimum absolute atomic E-state index is 0.0354. The van der Waals surface area contributed by atoms with E-state index in [1.54, 1.807) is 24.3 Å². The van der Waals surface area contributed by atoms with Gasteiger partial charge in [-0.15, -0.1) is 11.3 Å². The molecule has 0 radical (unpaired) electrons. The van der Waals surface area contributed by atoms with Crippen molar-refractivity contribution < 1.29 is 24.9 Å². The Labute approximate surface area is 158 Å². The number of hydrogen-bond donors (Lipinski definition) is 3. The zero-order valence-electron chi connectivity index (χ0n) is 13.5. The molecule has 0 amide bonds. The Bertz CT molecular complexity index is 1010. The summed E-state index contributed by atoms with van der Waals surface area (Å²) in [5.74, 6) is -1.57. The number of aromatic hydroxyl groups is 1. The Morgan fingerprint density at radius 1 is 1.27 bits per heavy atom. The van der Waals surface area contributed by atoms with Crippen LogP contribution in [0.5, 0.6) is 5.88 Å². The molecule has 134 valence electrons. The molecule has 1 aliphatic rings. The summed E-state index contributed by atoms with van der Waals surface area (Å²) in [6, 6.07) is 6.93. The van der Waals surface area contributed by atoms with Crippen molar-refractivity contribution in [1.82, 2.24) is 4.57 Å². The molecule has 26 heavy (non-hydrogen) atoms. The third-order valence-corrected chi connectivity index (χ3v) is 5.35. The average molecular weight is 389 g/mol. The number of allylic oxidation sites excluding steroid dienone is 1. The van der Waals surface area contributed by atoms with Crippen molar-refractivity contribution in [1.29, 1.82) is 0 Å². The second-order valence-corrected chi connectivity index (χ2v) is 7.38. The number of nitrogens with zero attached hydrogens (tertiary/aromatic N) is 1. The number of fused-ring (bicyclic) bond motifs is 1. The number of carboxylic acids is 1. The SMILES string of the molecule is O=C(O)CCCn1c(O)c(C=C2C(=O)c3ccccc3C=C2O)sc1=S. The van der Waals surface area contributed by atoms with Crippen LogP contribution in [0, 0.1) is 3.95 Å². The Kier molecular flexibility index (Phi) is 5.06. The molecule has 1 aromatic heterocycles. The first-order valence-electron chi connectivity index (χ1n) is 7.79. The van der Waals surface area contributed by atoms with Crippen LogP contribution in [0.3, 0.4) is 0 Å². The second kappa shape index (κ2) is 7.27. The van der Waals surface area contributed by atoms with Crippen LogP contribution in [0.1, 0.15) is 33.6 Å². The van der Waals surface area contributed by atoms with Crippen LogP contribution in [0.4, 0.5) is 0 Å². The monoisotopic (exact) mass is 389 g/mol. The van der Waals surface area contributed by atoms with Gasteiger partial charge in [0.25, 0.3) is 0 Å². The van der Waals surface area contributed by atoms with Gasteiger partial charge in [-0.1, -0.05) is 24.3 Å². The number of ketones is 1. The van der Waals surface area contributed by atoms with E-state index in [2.05, 4.69) is 0 Å². The first-order valence-corrected chi connectivity index (χ1v) is 9.02. The third-order valence-electron chi connectivity index (χ3n) is 3.96. The van der Waals surface area contributed by atoms with Gasteiger partial charge < -0.3 is 15.3 Å². The van der Waals surface area contributed by atoms with Gasteiger partial charge >= 0.3 is 5.97 Å². The van der Waals surface area contributed by atoms with Crippen molar-refractivity contribution in [2.45, 2.75) is 19.4 Å². The Hall–Kier alpha value is -2.71. The van der Waals surface area contributed by atoms with E-state index in [-0.39, 0.29) is 36.0 Å². The maximum absolute atomic E-state index is 12.6. The molecular weight excluding hydrogens is 374 g/mol. The highest BCUT2D eigenvalue weighted by Gasteiger charge is 2.24. The van der Waals surface area contributed by atoms with Crippen LogP contribution in [0.15, 0.2) is 35.6 Å². The number of benzene rings is 1. The van der Waals surface area contributed by atoms with Gasteiger partial charge in [0.2, 0.25) is 5.88 Å². The van der Waals surface area contributed by atoms with Gasteiger partial charge in [0.15, 0.2) is 9.74 Å². The van der Waals surface area contributed by atoms with E-state index < -0.39 is 5.97 Å². The highest BCUT2D eigenvalue weighted by molar-refractivity contribution is 7.73. The molecule has 0 spiro atoms. The Morgan fingerprint density at radius 3 is 2.73 bits per heavy atom. The predicted octanol–water partition coefficient (Wildman–Crippen LogP) is 4.03. The highest BCUT2D eigenvalue weighted by atomic mass is 32.1. The standard InChI is InChI=1S/C18H15NO5S2/c20-13-8-10-4-1-2-5-11(10)16(23)12(13)9-14-17(24)19(18(25)26-14)7-3-6-15(21)22/h1-2,4-5,8-9,20,24H,3,6-7H2,(H,21,22). The number of aliphatic carboxylic acids is 1. The zero-order valence-corrected chi connectivity index (χ0v) is 15.1. The molecule has 1 aromatic carbocycles. The number of carbonyl (C=O) groups is 2. The number of aromatic nitrogens is 1. The largest absolute Gasteiger partial charge is 0.507 e. The molecule has 1 aliphatic carbocycles. The zero-order chi connectivity index (χ0) is 18.8. The molecule has 0 bridgehead atoms. The number of carbonyl (C=O) groups excluding carboxylic acids is 1. The number of aliphatic hydroxyl groups excluding tert-OH is 1. The van der Waals surface area contributed by atoms with E-state index in [9.17, 15) is 19.8 Å². The van der Waals surface area contributed by atoms with Crippen LogP contribution in [0.25, 0.3) is 12.2 Å². The molecule has 0 fully saturated rings. The van der Waals surface area contributed by atoms with Gasteiger partial charge in [-0.3, -0.25) is 14.2 Å². The summed E-state index contributed by atoms with van der Waals surface area (Å²) in [7, 11) is 0. The Balaban J connectivity index is 1.95. The van der Waals surface area contributed by atoms with Crippen molar-refractivity contribution in [3.63, 3.8) is 0 Å². The fourth-order valence-corrected chi connectivity index (χ4v) is 3.98. The minimum Gasteiger partial charge on any atom is -0.507 e. The normalized spacial score (nSPS) is 15.0. The molecule has 0 saturated heterocycles. The quantitative estimate of drug-likeness (QED) is 0.527. The lowest BCUT2D eigenvalue weighted by Crippen LogP contribution is -2.12. The number of aliphatic hydroxyl groups is 1. The minimum atomic E-state index is -0.921. The molecule has 3 N–H and O–H groups in total. The van der Waals surface area contributed by atoms with Crippen LogP contribution < -0.4 is 0 Å². The number of Topliss-reactive ketones (excluding diaryl/α,β-unsaturated/α-hetero) is 1. The van der Waals surface area contributed by atoms with E-state index in [0.717, 1.165) is 11.3 Å². The number of thiazole rings is 1. The topological polar surface area (TPSA) is 99.8 Å². The lowest BCUT2D eigenvalue weighted by atomic mass is 9.91. The van der Waals surface area contributed by atoms with E-state index in [0.29, 0.717) is 26.4 Å². The third kappa shape index (κ3) is 3.47. The molecule has 0 unspecified atom stereocenters. The number of hydrogen-bond acceptors (Lipinski definition) is 6. The van der Waals surface area contributed by atoms with Crippen molar-refractivity contribution in [3.05, 3.63) is 55.6 Å².